The molecule has 0 aromatic rings. The van der Waals surface area contributed by atoms with E-state index in [1.165, 1.54) is 12.8 Å². The van der Waals surface area contributed by atoms with Crippen molar-refractivity contribution in [3.63, 3.8) is 0 Å². The lowest BCUT2D eigenvalue weighted by Gasteiger charge is -2.33. The quantitative estimate of drug-likeness (QED) is 0.685. The predicted octanol–water partition coefficient (Wildman–Crippen LogP) is 1.86. The summed E-state index contributed by atoms with van der Waals surface area (Å²) in [5, 5.41) is 0. The van der Waals surface area contributed by atoms with Crippen LogP contribution in [0.4, 0.5) is 0 Å². The molecule has 2 nitrogen and oxygen atoms in total. The van der Waals surface area contributed by atoms with E-state index in [1.807, 2.05) is 11.9 Å². The summed E-state index contributed by atoms with van der Waals surface area (Å²) in [6.07, 6.45) is 2.57. The van der Waals surface area contributed by atoms with Gasteiger partial charge in [-0.1, -0.05) is 11.9 Å². The minimum absolute atomic E-state index is 0.245. The summed E-state index contributed by atoms with van der Waals surface area (Å²) < 4.78 is 2.72. The van der Waals surface area contributed by atoms with Crippen LogP contribution >= 0.6 is 11.9 Å². The molecule has 0 amide bonds. The van der Waals surface area contributed by atoms with Gasteiger partial charge in [0.2, 0.25) is 0 Å². The van der Waals surface area contributed by atoms with Crippen molar-refractivity contribution in [3.05, 3.63) is 0 Å². The molecule has 0 aliphatic heterocycles. The van der Waals surface area contributed by atoms with E-state index in [-0.39, 0.29) is 5.54 Å². The second-order valence-electron chi connectivity index (χ2n) is 4.65. The molecule has 0 bridgehead atoms. The molecule has 72 valence electrons. The van der Waals surface area contributed by atoms with Crippen LogP contribution in [0.25, 0.3) is 0 Å². The second kappa shape index (κ2) is 3.20. The molecule has 0 radical (unpaired) electrons. The molecule has 1 aliphatic carbocycles. The summed E-state index contributed by atoms with van der Waals surface area (Å²) in [4.78, 5) is 0. The first kappa shape index (κ1) is 10.4. The number of rotatable bonds is 3. The molecular weight excluding hydrogens is 168 g/mol. The summed E-state index contributed by atoms with van der Waals surface area (Å²) in [5.74, 6) is 0. The van der Waals surface area contributed by atoms with Crippen molar-refractivity contribution >= 4 is 11.9 Å². The lowest BCUT2D eigenvalue weighted by molar-refractivity contribution is 0.317. The third-order valence-electron chi connectivity index (χ3n) is 2.45. The summed E-state index contributed by atoms with van der Waals surface area (Å²) in [7, 11) is 2.15. The van der Waals surface area contributed by atoms with Crippen LogP contribution in [0, 0.1) is 0 Å². The van der Waals surface area contributed by atoms with Crippen molar-refractivity contribution in [1.29, 1.82) is 0 Å². The van der Waals surface area contributed by atoms with E-state index in [9.17, 15) is 0 Å². The molecule has 1 aliphatic rings. The molecule has 0 atom stereocenters. The van der Waals surface area contributed by atoms with Crippen molar-refractivity contribution < 1.29 is 0 Å². The average molecular weight is 188 g/mol. The zero-order valence-electron chi connectivity index (χ0n) is 8.55. The third kappa shape index (κ3) is 2.38. The van der Waals surface area contributed by atoms with Crippen molar-refractivity contribution in [1.82, 2.24) is 4.31 Å². The number of hydrogen-bond donors (Lipinski definition) is 1. The second-order valence-corrected chi connectivity index (χ2v) is 6.24. The monoisotopic (exact) mass is 188 g/mol. The Hall–Kier alpha value is 0.270. The number of hydrogen-bond acceptors (Lipinski definition) is 3. The minimum Gasteiger partial charge on any atom is -0.329 e. The summed E-state index contributed by atoms with van der Waals surface area (Å²) in [6, 6.07) is 0. The topological polar surface area (TPSA) is 29.3 Å². The van der Waals surface area contributed by atoms with E-state index >= 15 is 0 Å². The van der Waals surface area contributed by atoms with Gasteiger partial charge in [0, 0.05) is 16.8 Å². The van der Waals surface area contributed by atoms with Gasteiger partial charge in [0.25, 0.3) is 0 Å². The van der Waals surface area contributed by atoms with Gasteiger partial charge in [0.1, 0.15) is 0 Å². The Morgan fingerprint density at radius 3 is 2.17 bits per heavy atom. The Morgan fingerprint density at radius 2 is 1.92 bits per heavy atom. The summed E-state index contributed by atoms with van der Waals surface area (Å²) >= 11 is 1.93. The summed E-state index contributed by atoms with van der Waals surface area (Å²) in [5.41, 5.74) is 5.96. The molecule has 1 rings (SSSR count). The van der Waals surface area contributed by atoms with Crippen LogP contribution < -0.4 is 5.73 Å². The van der Waals surface area contributed by atoms with Crippen LogP contribution in [0.15, 0.2) is 0 Å². The molecule has 0 saturated heterocycles. The first-order valence-electron chi connectivity index (χ1n) is 4.53. The van der Waals surface area contributed by atoms with Gasteiger partial charge >= 0.3 is 0 Å². The largest absolute Gasteiger partial charge is 0.329 e. The molecule has 0 heterocycles. The molecule has 1 saturated carbocycles. The van der Waals surface area contributed by atoms with E-state index in [4.69, 9.17) is 5.73 Å². The molecular formula is C9H20N2S. The van der Waals surface area contributed by atoms with Crippen LogP contribution in [0.3, 0.4) is 0 Å². The number of nitrogens with two attached hydrogens (primary N) is 1. The molecule has 1 fully saturated rings. The first-order chi connectivity index (χ1) is 5.40. The maximum Gasteiger partial charge on any atom is 0.0430 e. The number of nitrogens with zero attached hydrogens (tertiary/aromatic N) is 1. The van der Waals surface area contributed by atoms with Gasteiger partial charge < -0.3 is 5.73 Å². The van der Waals surface area contributed by atoms with Gasteiger partial charge in [0.05, 0.1) is 0 Å². The molecule has 2 N–H and O–H groups in total. The highest BCUT2D eigenvalue weighted by Crippen LogP contribution is 2.49. The van der Waals surface area contributed by atoms with Crippen LogP contribution in [0.5, 0.6) is 0 Å². The van der Waals surface area contributed by atoms with E-state index in [2.05, 4.69) is 32.1 Å². The Kier molecular flexibility index (Phi) is 2.76. The fourth-order valence-electron chi connectivity index (χ4n) is 0.900. The maximum absolute atomic E-state index is 5.71. The lowest BCUT2D eigenvalue weighted by Crippen LogP contribution is -2.36. The summed E-state index contributed by atoms with van der Waals surface area (Å²) in [6.45, 7) is 7.50. The van der Waals surface area contributed by atoms with Crippen molar-refractivity contribution in [3.8, 4) is 0 Å². The van der Waals surface area contributed by atoms with Gasteiger partial charge in [-0.05, 0) is 40.7 Å². The van der Waals surface area contributed by atoms with E-state index in [1.54, 1.807) is 0 Å². The molecule has 0 aromatic heterocycles. The van der Waals surface area contributed by atoms with Gasteiger partial charge in [-0.25, -0.2) is 4.31 Å². The Balaban J connectivity index is 2.41. The third-order valence-corrected chi connectivity index (χ3v) is 4.24. The van der Waals surface area contributed by atoms with Gasteiger partial charge in [-0.15, -0.1) is 0 Å². The predicted molar refractivity (Wildman–Crippen MR) is 56.1 cm³/mol. The van der Waals surface area contributed by atoms with Crippen LogP contribution in [0.2, 0.25) is 0 Å². The molecule has 0 spiro atoms. The van der Waals surface area contributed by atoms with Crippen molar-refractivity contribution in [2.24, 2.45) is 5.73 Å². The van der Waals surface area contributed by atoms with E-state index in [0.29, 0.717) is 4.75 Å². The van der Waals surface area contributed by atoms with E-state index < -0.39 is 0 Å². The molecule has 0 unspecified atom stereocenters. The Labute approximate surface area is 80.0 Å². The first-order valence-corrected chi connectivity index (χ1v) is 5.30. The van der Waals surface area contributed by atoms with Gasteiger partial charge in [0.15, 0.2) is 0 Å². The zero-order valence-corrected chi connectivity index (χ0v) is 9.37. The SMILES string of the molecule is CN(SC1(CN)CC1)C(C)(C)C. The fourth-order valence-corrected chi connectivity index (χ4v) is 2.11. The highest BCUT2D eigenvalue weighted by atomic mass is 32.2. The highest BCUT2D eigenvalue weighted by molar-refractivity contribution is 7.98. The smallest absolute Gasteiger partial charge is 0.0430 e. The molecule has 3 heteroatoms. The van der Waals surface area contributed by atoms with Crippen LogP contribution in [-0.2, 0) is 0 Å². The zero-order chi connectivity index (χ0) is 9.41. The van der Waals surface area contributed by atoms with Crippen LogP contribution in [0.1, 0.15) is 33.6 Å². The van der Waals surface area contributed by atoms with E-state index in [0.717, 1.165) is 6.54 Å². The fraction of sp³-hybridized carbons (Fsp3) is 1.00. The standard InChI is InChI=1S/C9H20N2S/c1-8(2,3)11(4)12-9(7-10)5-6-9/h5-7,10H2,1-4H3. The normalized spacial score (nSPS) is 21.5. The van der Waals surface area contributed by atoms with Gasteiger partial charge in [-0.3, -0.25) is 0 Å². The highest BCUT2D eigenvalue weighted by Gasteiger charge is 2.44. The maximum atomic E-state index is 5.71. The van der Waals surface area contributed by atoms with Crippen LogP contribution in [-0.4, -0.2) is 28.2 Å². The Morgan fingerprint density at radius 1 is 1.42 bits per heavy atom. The molecule has 12 heavy (non-hydrogen) atoms. The minimum atomic E-state index is 0.245. The van der Waals surface area contributed by atoms with Gasteiger partial charge in [-0.2, -0.15) is 0 Å². The molecule has 0 aromatic carbocycles. The van der Waals surface area contributed by atoms with Crippen molar-refractivity contribution in [2.75, 3.05) is 13.6 Å². The lowest BCUT2D eigenvalue weighted by atomic mass is 10.1. The average Bonchev–Trinajstić information content (AvgIpc) is 2.67. The van der Waals surface area contributed by atoms with Crippen molar-refractivity contribution in [2.45, 2.75) is 43.9 Å². The Bertz CT molecular complexity index is 158.